The number of hydrogen-bond acceptors (Lipinski definition) is 7. The van der Waals surface area contributed by atoms with Crippen LogP contribution in [0.5, 0.6) is 11.5 Å². The summed E-state index contributed by atoms with van der Waals surface area (Å²) in [5.74, 6) is 1.23. The Morgan fingerprint density at radius 2 is 1.83 bits per heavy atom. The van der Waals surface area contributed by atoms with Crippen LogP contribution in [0.15, 0.2) is 48.5 Å². The Balaban J connectivity index is 1.37. The quantitative estimate of drug-likeness (QED) is 0.298. The van der Waals surface area contributed by atoms with Crippen molar-refractivity contribution in [1.29, 1.82) is 0 Å². The highest BCUT2D eigenvalue weighted by molar-refractivity contribution is 5.89. The first-order valence-corrected chi connectivity index (χ1v) is 17.6. The highest BCUT2D eigenvalue weighted by atomic mass is 16.5. The molecule has 256 valence electrons. The normalized spacial score (nSPS) is 23.9. The van der Waals surface area contributed by atoms with Crippen molar-refractivity contribution in [2.75, 3.05) is 20.3 Å². The second-order valence-electron chi connectivity index (χ2n) is 14.6. The van der Waals surface area contributed by atoms with E-state index in [1.165, 1.54) is 5.56 Å². The van der Waals surface area contributed by atoms with Crippen molar-refractivity contribution in [3.63, 3.8) is 0 Å². The van der Waals surface area contributed by atoms with E-state index in [1.807, 2.05) is 30.3 Å². The Morgan fingerprint density at radius 3 is 2.58 bits per heavy atom. The van der Waals surface area contributed by atoms with Crippen LogP contribution in [0.2, 0.25) is 0 Å². The van der Waals surface area contributed by atoms with Crippen LogP contribution in [0, 0.1) is 11.3 Å². The Hall–Kier alpha value is -4.14. The lowest BCUT2D eigenvalue weighted by atomic mass is 9.83. The van der Waals surface area contributed by atoms with Crippen molar-refractivity contribution in [3.8, 4) is 11.5 Å². The first kappa shape index (κ1) is 33.7. The zero-order valence-electron chi connectivity index (χ0n) is 28.5. The molecule has 1 saturated heterocycles. The predicted molar refractivity (Wildman–Crippen MR) is 184 cm³/mol. The molecule has 9 heteroatoms. The average molecular weight is 656 g/mol. The Kier molecular flexibility index (Phi) is 10.5. The van der Waals surface area contributed by atoms with Crippen LogP contribution >= 0.6 is 0 Å². The SMILES string of the molecule is COc1cc2nc(CCc3ccccc3)cc3c2cc1CCCC(C)(C)COC(=O)N[C@@H](C1CCCCC1)C(=O)N1C[C@@H](C[C@H]1C=O)O3. The number of carbonyl (C=O) groups excluding carboxylic acids is 3. The summed E-state index contributed by atoms with van der Waals surface area (Å²) in [5, 5.41) is 3.83. The number of benzene rings is 2. The maximum absolute atomic E-state index is 14.2. The van der Waals surface area contributed by atoms with Crippen LogP contribution < -0.4 is 14.8 Å². The summed E-state index contributed by atoms with van der Waals surface area (Å²) >= 11 is 0. The number of cyclic esters (lactones) is 1. The smallest absolute Gasteiger partial charge is 0.407 e. The lowest BCUT2D eigenvalue weighted by Crippen LogP contribution is -2.54. The number of nitrogens with zero attached hydrogens (tertiary/aromatic N) is 2. The van der Waals surface area contributed by atoms with E-state index in [-0.39, 0.29) is 30.4 Å². The van der Waals surface area contributed by atoms with Crippen LogP contribution in [0.3, 0.4) is 0 Å². The van der Waals surface area contributed by atoms with Gasteiger partial charge < -0.3 is 29.2 Å². The third-order valence-electron chi connectivity index (χ3n) is 10.3. The molecule has 1 aliphatic carbocycles. The van der Waals surface area contributed by atoms with E-state index in [9.17, 15) is 14.4 Å². The molecule has 2 amide bonds. The molecule has 2 aromatic carbocycles. The summed E-state index contributed by atoms with van der Waals surface area (Å²) in [5.41, 5.74) is 3.70. The van der Waals surface area contributed by atoms with Gasteiger partial charge in [0.15, 0.2) is 0 Å². The lowest BCUT2D eigenvalue weighted by Gasteiger charge is -2.34. The van der Waals surface area contributed by atoms with Crippen molar-refractivity contribution >= 4 is 29.2 Å². The number of aldehydes is 1. The number of hydrogen-bond donors (Lipinski definition) is 1. The molecule has 3 aliphatic rings. The Labute approximate surface area is 283 Å². The van der Waals surface area contributed by atoms with E-state index in [4.69, 9.17) is 19.2 Å². The third-order valence-corrected chi connectivity index (χ3v) is 10.3. The Bertz CT molecular complexity index is 1600. The van der Waals surface area contributed by atoms with Crippen LogP contribution in [-0.2, 0) is 33.6 Å². The number of methoxy groups -OCH3 is 1. The summed E-state index contributed by atoms with van der Waals surface area (Å²) < 4.78 is 18.3. The summed E-state index contributed by atoms with van der Waals surface area (Å²) in [6, 6.07) is 15.1. The van der Waals surface area contributed by atoms with Gasteiger partial charge in [-0.15, -0.1) is 0 Å². The van der Waals surface area contributed by atoms with Crippen molar-refractivity contribution in [3.05, 3.63) is 65.4 Å². The van der Waals surface area contributed by atoms with Gasteiger partial charge in [0.2, 0.25) is 5.91 Å². The zero-order valence-corrected chi connectivity index (χ0v) is 28.5. The maximum Gasteiger partial charge on any atom is 0.407 e. The number of fused-ring (bicyclic) bond motifs is 3. The van der Waals surface area contributed by atoms with Crippen LogP contribution in [0.25, 0.3) is 10.9 Å². The van der Waals surface area contributed by atoms with Crippen LogP contribution in [-0.4, -0.2) is 66.6 Å². The molecule has 1 N–H and O–H groups in total. The fraction of sp³-hybridized carbons (Fsp3) is 0.538. The van der Waals surface area contributed by atoms with Gasteiger partial charge in [0.05, 0.1) is 31.8 Å². The van der Waals surface area contributed by atoms with Gasteiger partial charge >= 0.3 is 6.09 Å². The number of nitrogens with one attached hydrogen (secondary N) is 1. The highest BCUT2D eigenvalue weighted by Gasteiger charge is 2.42. The first-order valence-electron chi connectivity index (χ1n) is 17.6. The number of rotatable bonds is 6. The van der Waals surface area contributed by atoms with Crippen molar-refractivity contribution < 1.29 is 28.6 Å². The number of ether oxygens (including phenoxy) is 3. The van der Waals surface area contributed by atoms with Gasteiger partial charge in [-0.1, -0.05) is 63.4 Å². The molecule has 48 heavy (non-hydrogen) atoms. The standard InChI is InChI=1S/C39H49N3O6/c1-39(2)18-10-15-28-19-32-33(22-34(28)46-3)40-29(17-16-26-11-6-4-7-12-26)20-35(32)48-31-21-30(24-43)42(23-31)37(44)36(41-38(45)47-25-39)27-13-8-5-9-14-27/h4,6-7,11-12,19-20,22,24,27,30-31,36H,5,8-10,13-18,21,23,25H2,1-3H3,(H,41,45)/t30-,31+,36-/m0/s1. The minimum absolute atomic E-state index is 0.00519. The molecule has 1 saturated carbocycles. The fourth-order valence-corrected chi connectivity index (χ4v) is 7.61. The van der Waals surface area contributed by atoms with Gasteiger partial charge in [-0.2, -0.15) is 0 Å². The summed E-state index contributed by atoms with van der Waals surface area (Å²) in [6.07, 6.45) is 9.08. The molecule has 3 aromatic rings. The van der Waals surface area contributed by atoms with Gasteiger partial charge in [0.1, 0.15) is 29.9 Å². The monoisotopic (exact) mass is 655 g/mol. The minimum Gasteiger partial charge on any atom is -0.496 e. The maximum atomic E-state index is 14.2. The van der Waals surface area contributed by atoms with E-state index in [2.05, 4.69) is 37.4 Å². The molecule has 6 rings (SSSR count). The third kappa shape index (κ3) is 7.93. The largest absolute Gasteiger partial charge is 0.496 e. The van der Waals surface area contributed by atoms with Gasteiger partial charge in [0, 0.05) is 29.6 Å². The predicted octanol–water partition coefficient (Wildman–Crippen LogP) is 6.61. The zero-order chi connectivity index (χ0) is 33.7. The number of pyridine rings is 1. The minimum atomic E-state index is -0.748. The molecule has 4 bridgehead atoms. The fourth-order valence-electron chi connectivity index (χ4n) is 7.61. The second kappa shape index (κ2) is 15.0. The summed E-state index contributed by atoms with van der Waals surface area (Å²) in [4.78, 5) is 46.5. The lowest BCUT2D eigenvalue weighted by molar-refractivity contribution is -0.138. The molecule has 2 fully saturated rings. The van der Waals surface area contributed by atoms with Gasteiger partial charge in [-0.3, -0.25) is 9.78 Å². The molecular weight excluding hydrogens is 606 g/mol. The number of aryl methyl sites for hydroxylation is 3. The van der Waals surface area contributed by atoms with Crippen molar-refractivity contribution in [2.24, 2.45) is 11.3 Å². The topological polar surface area (TPSA) is 107 Å². The molecule has 0 radical (unpaired) electrons. The van der Waals surface area contributed by atoms with E-state index < -0.39 is 24.3 Å². The molecule has 0 spiro atoms. The molecule has 3 heterocycles. The van der Waals surface area contributed by atoms with E-state index in [0.717, 1.165) is 98.4 Å². The van der Waals surface area contributed by atoms with Gasteiger partial charge in [-0.05, 0) is 73.5 Å². The van der Waals surface area contributed by atoms with Crippen LogP contribution in [0.4, 0.5) is 4.79 Å². The second-order valence-corrected chi connectivity index (χ2v) is 14.6. The van der Waals surface area contributed by atoms with Gasteiger partial charge in [0.25, 0.3) is 0 Å². The number of carbonyl (C=O) groups is 3. The highest BCUT2D eigenvalue weighted by Crippen LogP contribution is 2.36. The van der Waals surface area contributed by atoms with E-state index in [0.29, 0.717) is 12.2 Å². The van der Waals surface area contributed by atoms with E-state index >= 15 is 0 Å². The van der Waals surface area contributed by atoms with Crippen molar-refractivity contribution in [2.45, 2.75) is 103 Å². The Morgan fingerprint density at radius 1 is 1.04 bits per heavy atom. The number of aromatic nitrogens is 1. The molecule has 3 atom stereocenters. The average Bonchev–Trinajstić information content (AvgIpc) is 3.51. The van der Waals surface area contributed by atoms with Gasteiger partial charge in [-0.25, -0.2) is 4.79 Å². The van der Waals surface area contributed by atoms with Crippen molar-refractivity contribution in [1.82, 2.24) is 15.2 Å². The number of alkyl carbamates (subject to hydrolysis) is 1. The molecule has 2 aliphatic heterocycles. The van der Waals surface area contributed by atoms with Crippen LogP contribution in [0.1, 0.15) is 82.0 Å². The summed E-state index contributed by atoms with van der Waals surface area (Å²) in [7, 11) is 1.68. The molecular formula is C39H49N3O6. The molecule has 1 aromatic heterocycles. The first-order chi connectivity index (χ1) is 23.2. The molecule has 9 nitrogen and oxygen atoms in total. The summed E-state index contributed by atoms with van der Waals surface area (Å²) in [6.45, 7) is 4.66. The number of amides is 2. The molecule has 0 unspecified atom stereocenters. The van der Waals surface area contributed by atoms with E-state index in [1.54, 1.807) is 12.0 Å².